The number of carbonyl (C=O) groups excluding carboxylic acids is 1. The standard InChI is InChI=1S/C20H21NO7/c1-25-12-6-7-13(17(10-12)26-2)15(11-18(22)23)21-20(24)14-4-3-5-16-19(14)28-9-8-27-16/h3-7,10,15H,8-9,11H2,1-2H3,(H,21,24)(H,22,23). The predicted molar refractivity (Wildman–Crippen MR) is 99.4 cm³/mol. The molecule has 0 saturated heterocycles. The summed E-state index contributed by atoms with van der Waals surface area (Å²) in [5.41, 5.74) is 0.807. The number of benzene rings is 2. The Morgan fingerprint density at radius 1 is 1.14 bits per heavy atom. The molecule has 0 aliphatic carbocycles. The van der Waals surface area contributed by atoms with Gasteiger partial charge in [0.25, 0.3) is 5.91 Å². The van der Waals surface area contributed by atoms with Crippen LogP contribution in [0, 0.1) is 0 Å². The van der Waals surface area contributed by atoms with E-state index in [1.165, 1.54) is 14.2 Å². The summed E-state index contributed by atoms with van der Waals surface area (Å²) in [5, 5.41) is 12.1. The highest BCUT2D eigenvalue weighted by Crippen LogP contribution is 2.35. The molecule has 3 rings (SSSR count). The first kappa shape index (κ1) is 19.3. The molecule has 28 heavy (non-hydrogen) atoms. The van der Waals surface area contributed by atoms with Crippen LogP contribution >= 0.6 is 0 Å². The zero-order valence-electron chi connectivity index (χ0n) is 15.6. The summed E-state index contributed by atoms with van der Waals surface area (Å²) in [4.78, 5) is 24.3. The second-order valence-corrected chi connectivity index (χ2v) is 6.06. The van der Waals surface area contributed by atoms with Crippen molar-refractivity contribution < 1.29 is 33.6 Å². The molecule has 0 bridgehead atoms. The number of aliphatic carboxylic acids is 1. The topological polar surface area (TPSA) is 103 Å². The highest BCUT2D eigenvalue weighted by molar-refractivity contribution is 5.98. The quantitative estimate of drug-likeness (QED) is 0.752. The van der Waals surface area contributed by atoms with Crippen molar-refractivity contribution >= 4 is 11.9 Å². The summed E-state index contributed by atoms with van der Waals surface area (Å²) in [7, 11) is 2.99. The van der Waals surface area contributed by atoms with E-state index in [0.717, 1.165) is 0 Å². The normalized spacial score (nSPS) is 13.4. The number of hydrogen-bond donors (Lipinski definition) is 2. The average molecular weight is 387 g/mol. The molecular formula is C20H21NO7. The van der Waals surface area contributed by atoms with E-state index in [1.807, 2.05) is 0 Å². The van der Waals surface area contributed by atoms with E-state index in [4.69, 9.17) is 18.9 Å². The van der Waals surface area contributed by atoms with Crippen LogP contribution in [0.4, 0.5) is 0 Å². The van der Waals surface area contributed by atoms with Gasteiger partial charge in [-0.25, -0.2) is 0 Å². The number of rotatable bonds is 7. The molecule has 2 aromatic carbocycles. The lowest BCUT2D eigenvalue weighted by Gasteiger charge is -2.23. The monoisotopic (exact) mass is 387 g/mol. The molecule has 0 radical (unpaired) electrons. The lowest BCUT2D eigenvalue weighted by Crippen LogP contribution is -2.31. The van der Waals surface area contributed by atoms with Crippen molar-refractivity contribution in [2.45, 2.75) is 12.5 Å². The van der Waals surface area contributed by atoms with Crippen molar-refractivity contribution in [1.29, 1.82) is 0 Å². The summed E-state index contributed by atoms with van der Waals surface area (Å²) in [5.74, 6) is 0.284. The maximum absolute atomic E-state index is 12.9. The van der Waals surface area contributed by atoms with Gasteiger partial charge >= 0.3 is 5.97 Å². The van der Waals surface area contributed by atoms with E-state index >= 15 is 0 Å². The number of carboxylic acid groups (broad SMARTS) is 1. The molecule has 8 heteroatoms. The highest BCUT2D eigenvalue weighted by Gasteiger charge is 2.26. The fourth-order valence-corrected chi connectivity index (χ4v) is 3.01. The van der Waals surface area contributed by atoms with Crippen molar-refractivity contribution in [1.82, 2.24) is 5.32 Å². The maximum Gasteiger partial charge on any atom is 0.305 e. The van der Waals surface area contributed by atoms with E-state index < -0.39 is 17.9 Å². The van der Waals surface area contributed by atoms with Crippen LogP contribution in [0.5, 0.6) is 23.0 Å². The van der Waals surface area contributed by atoms with E-state index in [2.05, 4.69) is 5.32 Å². The van der Waals surface area contributed by atoms with Gasteiger partial charge in [0.1, 0.15) is 24.7 Å². The summed E-state index contributed by atoms with van der Waals surface area (Å²) >= 11 is 0. The average Bonchev–Trinajstić information content (AvgIpc) is 2.71. The van der Waals surface area contributed by atoms with Crippen LogP contribution in [0.15, 0.2) is 36.4 Å². The first-order valence-corrected chi connectivity index (χ1v) is 8.66. The SMILES string of the molecule is COc1ccc(C(CC(=O)O)NC(=O)c2cccc3c2OCCO3)c(OC)c1. The van der Waals surface area contributed by atoms with Crippen LogP contribution in [-0.4, -0.2) is 44.4 Å². The molecule has 1 unspecified atom stereocenters. The minimum Gasteiger partial charge on any atom is -0.497 e. The van der Waals surface area contributed by atoms with Gasteiger partial charge in [-0.15, -0.1) is 0 Å². The molecule has 148 valence electrons. The van der Waals surface area contributed by atoms with Gasteiger partial charge in [0, 0.05) is 11.6 Å². The van der Waals surface area contributed by atoms with Crippen molar-refractivity contribution in [3.8, 4) is 23.0 Å². The minimum absolute atomic E-state index is 0.278. The van der Waals surface area contributed by atoms with Crippen molar-refractivity contribution in [3.05, 3.63) is 47.5 Å². The van der Waals surface area contributed by atoms with E-state index in [9.17, 15) is 14.7 Å². The summed E-state index contributed by atoms with van der Waals surface area (Å²) < 4.78 is 21.6. The molecule has 0 aromatic heterocycles. The summed E-state index contributed by atoms with van der Waals surface area (Å²) in [6.07, 6.45) is -0.319. The van der Waals surface area contributed by atoms with Gasteiger partial charge in [0.2, 0.25) is 0 Å². The number of amides is 1. The largest absolute Gasteiger partial charge is 0.497 e. The van der Waals surface area contributed by atoms with Crippen LogP contribution in [0.1, 0.15) is 28.4 Å². The Hall–Kier alpha value is -3.42. The third-order valence-corrected chi connectivity index (χ3v) is 4.31. The third kappa shape index (κ3) is 4.11. The van der Waals surface area contributed by atoms with E-state index in [1.54, 1.807) is 36.4 Å². The number of nitrogens with one attached hydrogen (secondary N) is 1. The number of ether oxygens (including phenoxy) is 4. The Bertz CT molecular complexity index is 881. The van der Waals surface area contributed by atoms with E-state index in [0.29, 0.717) is 41.8 Å². The molecule has 1 heterocycles. The van der Waals surface area contributed by atoms with Crippen LogP contribution in [0.3, 0.4) is 0 Å². The number of carbonyl (C=O) groups is 2. The first-order chi connectivity index (χ1) is 13.5. The second-order valence-electron chi connectivity index (χ2n) is 6.06. The van der Waals surface area contributed by atoms with Crippen LogP contribution in [-0.2, 0) is 4.79 Å². The predicted octanol–water partition coefficient (Wildman–Crippen LogP) is 2.42. The summed E-state index contributed by atoms with van der Waals surface area (Å²) in [6, 6.07) is 9.18. The molecule has 1 amide bonds. The molecular weight excluding hydrogens is 366 g/mol. The first-order valence-electron chi connectivity index (χ1n) is 8.66. The molecule has 2 aromatic rings. The zero-order chi connectivity index (χ0) is 20.1. The molecule has 2 N–H and O–H groups in total. The Morgan fingerprint density at radius 3 is 2.64 bits per heavy atom. The minimum atomic E-state index is -1.06. The molecule has 1 aliphatic rings. The van der Waals surface area contributed by atoms with E-state index in [-0.39, 0.29) is 12.0 Å². The highest BCUT2D eigenvalue weighted by atomic mass is 16.6. The van der Waals surface area contributed by atoms with Crippen LogP contribution in [0.2, 0.25) is 0 Å². The number of methoxy groups -OCH3 is 2. The zero-order valence-corrected chi connectivity index (χ0v) is 15.6. The second kappa shape index (κ2) is 8.51. The van der Waals surface area contributed by atoms with Gasteiger partial charge in [-0.1, -0.05) is 6.07 Å². The van der Waals surface area contributed by atoms with Crippen molar-refractivity contribution in [3.63, 3.8) is 0 Å². The number of para-hydroxylation sites is 1. The Labute approximate surface area is 162 Å². The van der Waals surface area contributed by atoms with Crippen LogP contribution in [0.25, 0.3) is 0 Å². The third-order valence-electron chi connectivity index (χ3n) is 4.31. The van der Waals surface area contributed by atoms with Gasteiger partial charge in [-0.2, -0.15) is 0 Å². The Morgan fingerprint density at radius 2 is 1.93 bits per heavy atom. The lowest BCUT2D eigenvalue weighted by atomic mass is 10.0. The Balaban J connectivity index is 1.92. The number of fused-ring (bicyclic) bond motifs is 1. The molecule has 0 saturated carbocycles. The van der Waals surface area contributed by atoms with Gasteiger partial charge in [-0.05, 0) is 24.3 Å². The van der Waals surface area contributed by atoms with Crippen molar-refractivity contribution in [2.24, 2.45) is 0 Å². The number of carboxylic acids is 1. The van der Waals surface area contributed by atoms with Gasteiger partial charge in [0.15, 0.2) is 11.5 Å². The van der Waals surface area contributed by atoms with Crippen molar-refractivity contribution in [2.75, 3.05) is 27.4 Å². The summed E-state index contributed by atoms with van der Waals surface area (Å²) in [6.45, 7) is 0.741. The number of hydrogen-bond acceptors (Lipinski definition) is 6. The molecule has 8 nitrogen and oxygen atoms in total. The lowest BCUT2D eigenvalue weighted by molar-refractivity contribution is -0.137. The van der Waals surface area contributed by atoms with Gasteiger partial charge in [0.05, 0.1) is 32.2 Å². The fraction of sp³-hybridized carbons (Fsp3) is 0.300. The smallest absolute Gasteiger partial charge is 0.305 e. The maximum atomic E-state index is 12.9. The molecule has 1 atom stereocenters. The molecule has 0 spiro atoms. The fourth-order valence-electron chi connectivity index (χ4n) is 3.01. The molecule has 0 fully saturated rings. The van der Waals surface area contributed by atoms with Crippen LogP contribution < -0.4 is 24.3 Å². The molecule has 1 aliphatic heterocycles. The van der Waals surface area contributed by atoms with Gasteiger partial charge in [-0.3, -0.25) is 9.59 Å². The Kier molecular flexibility index (Phi) is 5.88. The van der Waals surface area contributed by atoms with Gasteiger partial charge < -0.3 is 29.4 Å².